The second-order valence-electron chi connectivity index (χ2n) is 5.01. The van der Waals surface area contributed by atoms with E-state index in [-0.39, 0.29) is 33.4 Å². The Balaban J connectivity index is 2.28. The molecule has 0 bridgehead atoms. The Hall–Kier alpha value is -1.00. The lowest BCUT2D eigenvalue weighted by Gasteiger charge is -2.50. The minimum atomic E-state index is -0.485. The molecule has 1 aromatic carbocycles. The van der Waals surface area contributed by atoms with Gasteiger partial charge in [0.15, 0.2) is 0 Å². The molecule has 0 saturated heterocycles. The van der Waals surface area contributed by atoms with Crippen molar-refractivity contribution in [3.05, 3.63) is 33.3 Å². The highest BCUT2D eigenvalue weighted by Crippen LogP contribution is 2.50. The van der Waals surface area contributed by atoms with Crippen LogP contribution in [0.3, 0.4) is 0 Å². The van der Waals surface area contributed by atoms with Gasteiger partial charge in [0.2, 0.25) is 5.75 Å². The van der Waals surface area contributed by atoms with Crippen molar-refractivity contribution < 1.29 is 9.66 Å². The molecule has 0 aliphatic heterocycles. The third-order valence-corrected chi connectivity index (χ3v) is 5.01. The number of para-hydroxylation sites is 1. The topological polar surface area (TPSA) is 52.4 Å². The highest BCUT2D eigenvalue weighted by molar-refractivity contribution is 6.32. The van der Waals surface area contributed by atoms with Gasteiger partial charge in [-0.05, 0) is 12.5 Å². The first kappa shape index (κ1) is 14.4. The maximum Gasteiger partial charge on any atom is 0.312 e. The highest BCUT2D eigenvalue weighted by Gasteiger charge is 2.52. The van der Waals surface area contributed by atoms with Crippen molar-refractivity contribution in [1.29, 1.82) is 0 Å². The number of nitro benzene ring substituents is 1. The smallest absolute Gasteiger partial charge is 0.312 e. The fourth-order valence-electron chi connectivity index (χ4n) is 2.30. The van der Waals surface area contributed by atoms with Crippen LogP contribution in [0.1, 0.15) is 26.7 Å². The summed E-state index contributed by atoms with van der Waals surface area (Å²) in [6, 6.07) is 4.52. The lowest BCUT2D eigenvalue weighted by atomic mass is 9.65. The van der Waals surface area contributed by atoms with Crippen LogP contribution in [0.4, 0.5) is 5.69 Å². The quantitative estimate of drug-likeness (QED) is 0.470. The molecule has 1 fully saturated rings. The Morgan fingerprint density at radius 1 is 1.58 bits per heavy atom. The Morgan fingerprint density at radius 3 is 2.79 bits per heavy atom. The highest BCUT2D eigenvalue weighted by atomic mass is 35.5. The molecule has 1 aliphatic carbocycles. The summed E-state index contributed by atoms with van der Waals surface area (Å²) >= 11 is 12.2. The molecule has 6 heteroatoms. The number of halogens is 2. The van der Waals surface area contributed by atoms with Gasteiger partial charge in [-0.1, -0.05) is 31.5 Å². The molecule has 104 valence electrons. The number of ether oxygens (including phenoxy) is 1. The Bertz CT molecular complexity index is 509. The normalized spacial score (nSPS) is 29.7. The first-order valence-electron chi connectivity index (χ1n) is 6.13. The van der Waals surface area contributed by atoms with Crippen LogP contribution < -0.4 is 4.74 Å². The zero-order chi connectivity index (χ0) is 14.2. The van der Waals surface area contributed by atoms with Crippen LogP contribution in [0.2, 0.25) is 5.02 Å². The zero-order valence-electron chi connectivity index (χ0n) is 10.7. The standard InChI is InChI=1S/C13H15Cl2NO3/c1-3-13(2)10(15)7-11(13)19-12-8(14)5-4-6-9(12)16(17)18/h4-6,10-11H,3,7H2,1-2H3. The summed E-state index contributed by atoms with van der Waals surface area (Å²) in [4.78, 5) is 10.5. The van der Waals surface area contributed by atoms with Gasteiger partial charge in [0.05, 0.1) is 9.95 Å². The van der Waals surface area contributed by atoms with E-state index in [2.05, 4.69) is 0 Å². The molecule has 2 rings (SSSR count). The van der Waals surface area contributed by atoms with E-state index in [1.54, 1.807) is 6.07 Å². The van der Waals surface area contributed by atoms with E-state index in [9.17, 15) is 10.1 Å². The predicted octanol–water partition coefficient (Wildman–Crippen LogP) is 4.42. The van der Waals surface area contributed by atoms with Crippen LogP contribution in [-0.2, 0) is 0 Å². The number of rotatable bonds is 4. The van der Waals surface area contributed by atoms with Crippen molar-refractivity contribution >= 4 is 28.9 Å². The lowest BCUT2D eigenvalue weighted by molar-refractivity contribution is -0.386. The lowest BCUT2D eigenvalue weighted by Crippen LogP contribution is -2.55. The molecule has 0 heterocycles. The number of nitro groups is 1. The maximum absolute atomic E-state index is 11.0. The van der Waals surface area contributed by atoms with Crippen LogP contribution in [0.15, 0.2) is 18.2 Å². The van der Waals surface area contributed by atoms with Gasteiger partial charge >= 0.3 is 5.69 Å². The monoisotopic (exact) mass is 303 g/mol. The second-order valence-corrected chi connectivity index (χ2v) is 5.95. The maximum atomic E-state index is 11.0. The van der Waals surface area contributed by atoms with Crippen molar-refractivity contribution in [2.75, 3.05) is 0 Å². The average Bonchev–Trinajstić information content (AvgIpc) is 2.38. The predicted molar refractivity (Wildman–Crippen MR) is 75.2 cm³/mol. The summed E-state index contributed by atoms with van der Waals surface area (Å²) in [6.45, 7) is 4.06. The zero-order valence-corrected chi connectivity index (χ0v) is 12.2. The van der Waals surface area contributed by atoms with Gasteiger partial charge in [0, 0.05) is 23.3 Å². The van der Waals surface area contributed by atoms with E-state index in [0.717, 1.165) is 6.42 Å². The van der Waals surface area contributed by atoms with Crippen LogP contribution >= 0.6 is 23.2 Å². The van der Waals surface area contributed by atoms with Gasteiger partial charge in [-0.3, -0.25) is 10.1 Å². The molecule has 0 spiro atoms. The van der Waals surface area contributed by atoms with Crippen LogP contribution in [0.5, 0.6) is 5.75 Å². The van der Waals surface area contributed by atoms with Gasteiger partial charge in [0.1, 0.15) is 6.10 Å². The van der Waals surface area contributed by atoms with Gasteiger partial charge in [-0.25, -0.2) is 0 Å². The molecular formula is C13H15Cl2NO3. The summed E-state index contributed by atoms with van der Waals surface area (Å²) in [5, 5.41) is 11.3. The second kappa shape index (κ2) is 5.17. The van der Waals surface area contributed by atoms with E-state index in [1.807, 2.05) is 13.8 Å². The van der Waals surface area contributed by atoms with Gasteiger partial charge in [-0.15, -0.1) is 11.6 Å². The number of alkyl halides is 1. The third kappa shape index (κ3) is 2.39. The van der Waals surface area contributed by atoms with E-state index >= 15 is 0 Å². The Kier molecular flexibility index (Phi) is 3.92. The molecule has 0 N–H and O–H groups in total. The molecule has 4 nitrogen and oxygen atoms in total. The first-order chi connectivity index (χ1) is 8.90. The third-order valence-electron chi connectivity index (χ3n) is 4.04. The summed E-state index contributed by atoms with van der Waals surface area (Å²) < 4.78 is 5.79. The minimum absolute atomic E-state index is 0.0315. The average molecular weight is 304 g/mol. The summed E-state index contributed by atoms with van der Waals surface area (Å²) in [5.41, 5.74) is -0.279. The van der Waals surface area contributed by atoms with Gasteiger partial charge < -0.3 is 4.74 Å². The molecule has 1 saturated carbocycles. The fourth-order valence-corrected chi connectivity index (χ4v) is 2.97. The van der Waals surface area contributed by atoms with Crippen molar-refractivity contribution in [2.45, 2.75) is 38.2 Å². The molecule has 19 heavy (non-hydrogen) atoms. The number of nitrogens with zero attached hydrogens (tertiary/aromatic N) is 1. The molecule has 0 radical (unpaired) electrons. The Labute approximate surface area is 121 Å². The van der Waals surface area contributed by atoms with E-state index < -0.39 is 4.92 Å². The van der Waals surface area contributed by atoms with E-state index in [0.29, 0.717) is 6.42 Å². The molecule has 3 unspecified atom stereocenters. The SMILES string of the molecule is CCC1(C)C(Cl)CC1Oc1c(Cl)cccc1[N+](=O)[O-]. The van der Waals surface area contributed by atoms with Crippen molar-refractivity contribution in [3.63, 3.8) is 0 Å². The molecule has 3 atom stereocenters. The van der Waals surface area contributed by atoms with Crippen LogP contribution in [0.25, 0.3) is 0 Å². The summed E-state index contributed by atoms with van der Waals surface area (Å²) in [7, 11) is 0. The summed E-state index contributed by atoms with van der Waals surface area (Å²) in [6.07, 6.45) is 1.39. The van der Waals surface area contributed by atoms with Crippen LogP contribution in [-0.4, -0.2) is 16.4 Å². The van der Waals surface area contributed by atoms with Gasteiger partial charge in [-0.2, -0.15) is 0 Å². The van der Waals surface area contributed by atoms with Crippen molar-refractivity contribution in [1.82, 2.24) is 0 Å². The summed E-state index contributed by atoms with van der Waals surface area (Å²) in [5.74, 6) is 0.141. The molecule has 0 aromatic heterocycles. The minimum Gasteiger partial charge on any atom is -0.482 e. The molecule has 1 aliphatic rings. The number of hydrogen-bond acceptors (Lipinski definition) is 3. The van der Waals surface area contributed by atoms with Crippen molar-refractivity contribution in [3.8, 4) is 5.75 Å². The Morgan fingerprint density at radius 2 is 2.26 bits per heavy atom. The fraction of sp³-hybridized carbons (Fsp3) is 0.538. The van der Waals surface area contributed by atoms with Crippen LogP contribution in [0, 0.1) is 15.5 Å². The largest absolute Gasteiger partial charge is 0.482 e. The number of benzene rings is 1. The van der Waals surface area contributed by atoms with Crippen molar-refractivity contribution in [2.24, 2.45) is 5.41 Å². The van der Waals surface area contributed by atoms with E-state index in [4.69, 9.17) is 27.9 Å². The van der Waals surface area contributed by atoms with E-state index in [1.165, 1.54) is 12.1 Å². The molecule has 0 amide bonds. The molecular weight excluding hydrogens is 289 g/mol. The number of hydrogen-bond donors (Lipinski definition) is 0. The van der Waals surface area contributed by atoms with Gasteiger partial charge in [0.25, 0.3) is 0 Å². The first-order valence-corrected chi connectivity index (χ1v) is 6.95. The molecule has 1 aromatic rings.